The summed E-state index contributed by atoms with van der Waals surface area (Å²) < 4.78 is 5.84. The third-order valence-corrected chi connectivity index (χ3v) is 6.91. The van der Waals surface area contributed by atoms with Gasteiger partial charge in [-0.05, 0) is 43.2 Å². The van der Waals surface area contributed by atoms with Crippen LogP contribution in [0.15, 0.2) is 54.4 Å². The minimum atomic E-state index is -0.955. The molecular weight excluding hydrogens is 466 g/mol. The Kier molecular flexibility index (Phi) is 7.07. The molecule has 1 amide bonds. The summed E-state index contributed by atoms with van der Waals surface area (Å²) in [6.45, 7) is 5.71. The fourth-order valence-electron chi connectivity index (χ4n) is 3.93. The van der Waals surface area contributed by atoms with E-state index in [4.69, 9.17) is 4.74 Å². The van der Waals surface area contributed by atoms with Gasteiger partial charge in [-0.2, -0.15) is 0 Å². The van der Waals surface area contributed by atoms with Gasteiger partial charge in [0.2, 0.25) is 0 Å². The van der Waals surface area contributed by atoms with Crippen LogP contribution in [0.4, 0.5) is 5.13 Å². The zero-order valence-corrected chi connectivity index (χ0v) is 20.5. The van der Waals surface area contributed by atoms with Gasteiger partial charge in [-0.1, -0.05) is 36.8 Å². The van der Waals surface area contributed by atoms with Crippen molar-refractivity contribution in [2.24, 2.45) is 0 Å². The molecule has 2 aromatic heterocycles. The number of aliphatic hydroxyl groups is 1. The number of thiazole rings is 1. The van der Waals surface area contributed by atoms with Crippen LogP contribution in [-0.2, 0) is 9.59 Å². The lowest BCUT2D eigenvalue weighted by Gasteiger charge is -2.23. The zero-order chi connectivity index (χ0) is 25.1. The van der Waals surface area contributed by atoms with Crippen molar-refractivity contribution in [1.29, 1.82) is 0 Å². The Morgan fingerprint density at radius 3 is 2.60 bits per heavy atom. The summed E-state index contributed by atoms with van der Waals surface area (Å²) in [5.74, 6) is -1.56. The van der Waals surface area contributed by atoms with Crippen molar-refractivity contribution in [2.75, 3.05) is 11.5 Å². The lowest BCUT2D eigenvalue weighted by Crippen LogP contribution is -2.29. The quantitative estimate of drug-likeness (QED) is 0.158. The van der Waals surface area contributed by atoms with Crippen molar-refractivity contribution in [3.05, 3.63) is 76.1 Å². The fraction of sp³-hybridized carbons (Fsp3) is 0.269. The summed E-state index contributed by atoms with van der Waals surface area (Å²) in [5, 5.41) is 11.4. The van der Waals surface area contributed by atoms with Crippen LogP contribution in [0.1, 0.15) is 59.2 Å². The molecule has 0 radical (unpaired) electrons. The number of aliphatic hydroxyl groups excluding tert-OH is 1. The highest BCUT2D eigenvalue weighted by Gasteiger charge is 2.48. The number of ketones is 2. The molecule has 0 spiro atoms. The maximum atomic E-state index is 13.3. The van der Waals surface area contributed by atoms with E-state index >= 15 is 0 Å². The predicted octanol–water partition coefficient (Wildman–Crippen LogP) is 4.85. The molecule has 1 aromatic carbocycles. The van der Waals surface area contributed by atoms with E-state index < -0.39 is 17.7 Å². The number of anilines is 1. The van der Waals surface area contributed by atoms with Crippen LogP contribution in [-0.4, -0.2) is 39.2 Å². The van der Waals surface area contributed by atoms with E-state index in [1.54, 1.807) is 43.3 Å². The van der Waals surface area contributed by atoms with E-state index in [1.807, 2.05) is 0 Å². The first-order valence-corrected chi connectivity index (χ1v) is 12.1. The Morgan fingerprint density at radius 2 is 1.94 bits per heavy atom. The summed E-state index contributed by atoms with van der Waals surface area (Å²) in [6.07, 6.45) is 4.85. The van der Waals surface area contributed by atoms with Gasteiger partial charge in [0.1, 0.15) is 11.5 Å². The van der Waals surface area contributed by atoms with Crippen LogP contribution in [0.25, 0.3) is 5.76 Å². The lowest BCUT2D eigenvalue weighted by atomic mass is 9.95. The van der Waals surface area contributed by atoms with Gasteiger partial charge in [-0.25, -0.2) is 4.98 Å². The van der Waals surface area contributed by atoms with Crippen LogP contribution < -0.4 is 9.64 Å². The molecule has 1 atom stereocenters. The molecule has 0 bridgehead atoms. The highest BCUT2D eigenvalue weighted by atomic mass is 32.1. The second-order valence-corrected chi connectivity index (χ2v) is 9.12. The Balaban J connectivity index is 1.89. The first kappa shape index (κ1) is 24.3. The van der Waals surface area contributed by atoms with Crippen LogP contribution in [0.3, 0.4) is 0 Å². The Morgan fingerprint density at radius 1 is 1.20 bits per heavy atom. The molecule has 9 heteroatoms. The largest absolute Gasteiger partial charge is 0.507 e. The maximum absolute atomic E-state index is 13.3. The number of hydrogen-bond acceptors (Lipinski definition) is 8. The number of amides is 1. The minimum Gasteiger partial charge on any atom is -0.507 e. The Labute approximate surface area is 206 Å². The highest BCUT2D eigenvalue weighted by Crippen LogP contribution is 2.44. The van der Waals surface area contributed by atoms with E-state index in [-0.39, 0.29) is 22.2 Å². The second-order valence-electron chi connectivity index (χ2n) is 8.15. The number of hydrogen-bond donors (Lipinski definition) is 1. The number of nitrogens with zero attached hydrogens (tertiary/aromatic N) is 3. The number of aromatic nitrogens is 2. The van der Waals surface area contributed by atoms with Crippen molar-refractivity contribution >= 4 is 39.7 Å². The van der Waals surface area contributed by atoms with Gasteiger partial charge in [0.25, 0.3) is 5.78 Å². The Bertz CT molecular complexity index is 1320. The first-order valence-electron chi connectivity index (χ1n) is 11.3. The van der Waals surface area contributed by atoms with Crippen LogP contribution in [0.2, 0.25) is 0 Å². The Hall–Kier alpha value is -3.85. The number of benzene rings is 1. The van der Waals surface area contributed by atoms with Crippen LogP contribution in [0.5, 0.6) is 5.75 Å². The van der Waals surface area contributed by atoms with E-state index in [0.717, 1.165) is 24.2 Å². The molecular formula is C26H25N3O5S. The third-order valence-electron chi connectivity index (χ3n) is 5.65. The predicted molar refractivity (Wildman–Crippen MR) is 133 cm³/mol. The molecule has 180 valence electrons. The molecule has 3 aromatic rings. The molecule has 1 unspecified atom stereocenters. The van der Waals surface area contributed by atoms with Gasteiger partial charge in [0.05, 0.1) is 28.8 Å². The van der Waals surface area contributed by atoms with Crippen molar-refractivity contribution in [3.8, 4) is 5.75 Å². The van der Waals surface area contributed by atoms with Gasteiger partial charge in [-0.15, -0.1) is 0 Å². The molecule has 1 N–H and O–H groups in total. The van der Waals surface area contributed by atoms with E-state index in [0.29, 0.717) is 34.1 Å². The highest BCUT2D eigenvalue weighted by molar-refractivity contribution is 7.18. The third kappa shape index (κ3) is 4.72. The number of aryl methyl sites for hydroxylation is 1. The molecule has 1 aliphatic heterocycles. The summed E-state index contributed by atoms with van der Waals surface area (Å²) in [7, 11) is 0. The average molecular weight is 492 g/mol. The topological polar surface area (TPSA) is 110 Å². The van der Waals surface area contributed by atoms with Crippen LogP contribution >= 0.6 is 11.3 Å². The average Bonchev–Trinajstić information content (AvgIpc) is 3.36. The number of rotatable bonds is 8. The van der Waals surface area contributed by atoms with E-state index in [2.05, 4.69) is 16.9 Å². The fourth-order valence-corrected chi connectivity index (χ4v) is 4.92. The number of ether oxygens (including phenoxy) is 1. The van der Waals surface area contributed by atoms with Crippen molar-refractivity contribution < 1.29 is 24.2 Å². The molecule has 4 rings (SSSR count). The SMILES string of the molecule is CCCCOc1cccc(C2C(=C(O)c3ccncc3)C(=O)C(=O)N2c2nc(C)c(C(C)=O)s2)c1. The molecule has 1 saturated heterocycles. The van der Waals surface area contributed by atoms with Crippen molar-refractivity contribution in [3.63, 3.8) is 0 Å². The smallest absolute Gasteiger partial charge is 0.301 e. The van der Waals surface area contributed by atoms with Crippen molar-refractivity contribution in [2.45, 2.75) is 39.7 Å². The summed E-state index contributed by atoms with van der Waals surface area (Å²) in [5.41, 5.74) is 1.34. The monoisotopic (exact) mass is 491 g/mol. The minimum absolute atomic E-state index is 0.0656. The molecule has 0 saturated carbocycles. The van der Waals surface area contributed by atoms with Crippen molar-refractivity contribution in [1.82, 2.24) is 9.97 Å². The first-order chi connectivity index (χ1) is 16.8. The molecule has 1 fully saturated rings. The number of pyridine rings is 1. The molecule has 3 heterocycles. The molecule has 35 heavy (non-hydrogen) atoms. The number of carbonyl (C=O) groups is 3. The summed E-state index contributed by atoms with van der Waals surface area (Å²) in [6, 6.07) is 9.26. The van der Waals surface area contributed by atoms with Gasteiger partial charge in [-0.3, -0.25) is 24.3 Å². The molecule has 8 nitrogen and oxygen atoms in total. The molecule has 1 aliphatic rings. The lowest BCUT2D eigenvalue weighted by molar-refractivity contribution is -0.132. The normalized spacial score (nSPS) is 17.1. The van der Waals surface area contributed by atoms with E-state index in [1.165, 1.54) is 24.2 Å². The molecule has 0 aliphatic carbocycles. The number of carbonyl (C=O) groups excluding carboxylic acids is 3. The standard InChI is InChI=1S/C26H25N3O5S/c1-4-5-13-34-19-8-6-7-18(14-19)21-20(22(31)17-9-11-27-12-10-17)23(32)25(33)29(21)26-28-15(2)24(35-26)16(3)30/h6-12,14,21,31H,4-5,13H2,1-3H3. The van der Waals surface area contributed by atoms with Gasteiger partial charge >= 0.3 is 5.91 Å². The van der Waals surface area contributed by atoms with Gasteiger partial charge in [0, 0.05) is 24.9 Å². The van der Waals surface area contributed by atoms with E-state index in [9.17, 15) is 19.5 Å². The number of unbranched alkanes of at least 4 members (excludes halogenated alkanes) is 1. The second kappa shape index (κ2) is 10.2. The maximum Gasteiger partial charge on any atom is 0.301 e. The van der Waals surface area contributed by atoms with Gasteiger partial charge in [0.15, 0.2) is 10.9 Å². The van der Waals surface area contributed by atoms with Crippen LogP contribution in [0, 0.1) is 6.92 Å². The number of Topliss-reactive ketones (excluding diaryl/α,β-unsaturated/α-hetero) is 2. The summed E-state index contributed by atoms with van der Waals surface area (Å²) in [4.78, 5) is 48.6. The zero-order valence-electron chi connectivity index (χ0n) is 19.6. The van der Waals surface area contributed by atoms with Gasteiger partial charge < -0.3 is 9.84 Å². The summed E-state index contributed by atoms with van der Waals surface area (Å²) >= 11 is 1.05.